The van der Waals surface area contributed by atoms with E-state index in [0.717, 1.165) is 17.9 Å². The van der Waals surface area contributed by atoms with Gasteiger partial charge in [-0.25, -0.2) is 0 Å². The lowest BCUT2D eigenvalue weighted by molar-refractivity contribution is -0.140. The molecule has 0 aliphatic carbocycles. The van der Waals surface area contributed by atoms with Crippen molar-refractivity contribution < 1.29 is 19.1 Å². The SMILES string of the molecule is COC(=O)CCCCNC(=O)CSc1nncn1-c1ccc(OC)cc1. The quantitative estimate of drug-likeness (QED) is 0.383. The standard InChI is InChI=1S/C17H22N4O4S/c1-24-14-8-6-13(7-9-14)21-12-19-20-17(21)26-11-15(22)18-10-4-3-5-16(23)25-2/h6-9,12H,3-5,10-11H2,1-2H3,(H,18,22). The Morgan fingerprint density at radius 2 is 1.96 bits per heavy atom. The molecule has 0 bridgehead atoms. The van der Waals surface area contributed by atoms with Gasteiger partial charge < -0.3 is 14.8 Å². The van der Waals surface area contributed by atoms with E-state index in [9.17, 15) is 9.59 Å². The van der Waals surface area contributed by atoms with E-state index in [2.05, 4.69) is 20.3 Å². The highest BCUT2D eigenvalue weighted by atomic mass is 32.2. The summed E-state index contributed by atoms with van der Waals surface area (Å²) in [4.78, 5) is 22.9. The van der Waals surface area contributed by atoms with Crippen LogP contribution in [0.3, 0.4) is 0 Å². The minimum atomic E-state index is -0.232. The van der Waals surface area contributed by atoms with Crippen LogP contribution in [0.5, 0.6) is 5.75 Å². The predicted octanol–water partition coefficient (Wildman–Crippen LogP) is 1.83. The van der Waals surface area contributed by atoms with Gasteiger partial charge in [0, 0.05) is 18.7 Å². The first-order valence-corrected chi connectivity index (χ1v) is 9.13. The number of nitrogens with one attached hydrogen (secondary N) is 1. The van der Waals surface area contributed by atoms with Crippen LogP contribution in [0.25, 0.3) is 5.69 Å². The van der Waals surface area contributed by atoms with E-state index < -0.39 is 0 Å². The Morgan fingerprint density at radius 1 is 1.19 bits per heavy atom. The van der Waals surface area contributed by atoms with E-state index in [0.29, 0.717) is 24.5 Å². The minimum Gasteiger partial charge on any atom is -0.497 e. The first kappa shape index (κ1) is 19.8. The summed E-state index contributed by atoms with van der Waals surface area (Å²) in [5, 5.41) is 11.4. The topological polar surface area (TPSA) is 95.3 Å². The van der Waals surface area contributed by atoms with Crippen LogP contribution in [0.2, 0.25) is 0 Å². The molecule has 1 amide bonds. The first-order valence-electron chi connectivity index (χ1n) is 8.15. The van der Waals surface area contributed by atoms with Crippen molar-refractivity contribution in [2.24, 2.45) is 0 Å². The van der Waals surface area contributed by atoms with Crippen LogP contribution in [0, 0.1) is 0 Å². The number of esters is 1. The third-order valence-corrected chi connectivity index (χ3v) is 4.50. The maximum Gasteiger partial charge on any atom is 0.305 e. The number of carbonyl (C=O) groups excluding carboxylic acids is 2. The summed E-state index contributed by atoms with van der Waals surface area (Å²) in [5.41, 5.74) is 0.890. The number of rotatable bonds is 10. The summed E-state index contributed by atoms with van der Waals surface area (Å²) in [6.45, 7) is 0.529. The number of amides is 1. The Labute approximate surface area is 156 Å². The van der Waals surface area contributed by atoms with Gasteiger partial charge in [-0.15, -0.1) is 10.2 Å². The second-order valence-electron chi connectivity index (χ2n) is 5.35. The Kier molecular flexibility index (Phi) is 7.94. The number of ether oxygens (including phenoxy) is 2. The molecule has 9 heteroatoms. The lowest BCUT2D eigenvalue weighted by Gasteiger charge is -2.08. The van der Waals surface area contributed by atoms with Crippen LogP contribution in [0.1, 0.15) is 19.3 Å². The molecule has 0 unspecified atom stereocenters. The van der Waals surface area contributed by atoms with E-state index in [-0.39, 0.29) is 17.6 Å². The lowest BCUT2D eigenvalue weighted by atomic mass is 10.2. The molecule has 0 aliphatic rings. The molecule has 2 rings (SSSR count). The van der Waals surface area contributed by atoms with Gasteiger partial charge in [-0.3, -0.25) is 14.2 Å². The van der Waals surface area contributed by atoms with Gasteiger partial charge in [0.2, 0.25) is 5.91 Å². The molecule has 1 aromatic carbocycles. The van der Waals surface area contributed by atoms with Crippen molar-refractivity contribution in [3.8, 4) is 11.4 Å². The lowest BCUT2D eigenvalue weighted by Crippen LogP contribution is -2.26. The molecule has 0 aliphatic heterocycles. The van der Waals surface area contributed by atoms with E-state index in [1.54, 1.807) is 13.4 Å². The fourth-order valence-corrected chi connectivity index (χ4v) is 2.91. The monoisotopic (exact) mass is 378 g/mol. The van der Waals surface area contributed by atoms with Crippen molar-refractivity contribution in [2.75, 3.05) is 26.5 Å². The van der Waals surface area contributed by atoms with E-state index >= 15 is 0 Å². The molecule has 0 saturated carbocycles. The van der Waals surface area contributed by atoms with Crippen LogP contribution >= 0.6 is 11.8 Å². The van der Waals surface area contributed by atoms with Gasteiger partial charge in [-0.05, 0) is 37.1 Å². The van der Waals surface area contributed by atoms with E-state index in [4.69, 9.17) is 4.74 Å². The summed E-state index contributed by atoms with van der Waals surface area (Å²) in [7, 11) is 2.98. The third kappa shape index (κ3) is 6.07. The number of aromatic nitrogens is 3. The molecule has 8 nitrogen and oxygen atoms in total. The van der Waals surface area contributed by atoms with Crippen molar-refractivity contribution in [1.82, 2.24) is 20.1 Å². The van der Waals surface area contributed by atoms with Gasteiger partial charge in [0.05, 0.1) is 20.0 Å². The Balaban J connectivity index is 1.76. The maximum atomic E-state index is 11.9. The molecule has 0 spiro atoms. The largest absolute Gasteiger partial charge is 0.497 e. The number of nitrogens with zero attached hydrogens (tertiary/aromatic N) is 3. The van der Waals surface area contributed by atoms with Crippen molar-refractivity contribution in [1.29, 1.82) is 0 Å². The molecular formula is C17H22N4O4S. The highest BCUT2D eigenvalue weighted by molar-refractivity contribution is 7.99. The zero-order chi connectivity index (χ0) is 18.8. The van der Waals surface area contributed by atoms with Crippen molar-refractivity contribution in [3.05, 3.63) is 30.6 Å². The van der Waals surface area contributed by atoms with E-state index in [1.165, 1.54) is 18.9 Å². The fourth-order valence-electron chi connectivity index (χ4n) is 2.15. The number of hydrogen-bond acceptors (Lipinski definition) is 7. The van der Waals surface area contributed by atoms with Gasteiger partial charge in [0.15, 0.2) is 5.16 Å². The minimum absolute atomic E-state index is 0.0858. The molecule has 140 valence electrons. The molecule has 0 fully saturated rings. The van der Waals surface area contributed by atoms with Crippen LogP contribution < -0.4 is 10.1 Å². The van der Waals surface area contributed by atoms with Gasteiger partial charge in [0.25, 0.3) is 0 Å². The first-order chi connectivity index (χ1) is 12.6. The molecule has 1 N–H and O–H groups in total. The number of carbonyl (C=O) groups is 2. The summed E-state index contributed by atoms with van der Waals surface area (Å²) in [6.07, 6.45) is 3.39. The molecule has 1 aromatic heterocycles. The number of hydrogen-bond donors (Lipinski definition) is 1. The van der Waals surface area contributed by atoms with Crippen molar-refractivity contribution in [2.45, 2.75) is 24.4 Å². The predicted molar refractivity (Wildman–Crippen MR) is 97.5 cm³/mol. The molecule has 0 atom stereocenters. The maximum absolute atomic E-state index is 11.9. The van der Waals surface area contributed by atoms with Gasteiger partial charge in [-0.1, -0.05) is 11.8 Å². The number of benzene rings is 1. The summed E-state index contributed by atoms with van der Waals surface area (Å²) >= 11 is 1.31. The Hall–Kier alpha value is -2.55. The normalized spacial score (nSPS) is 10.4. The zero-order valence-electron chi connectivity index (χ0n) is 14.8. The van der Waals surface area contributed by atoms with Gasteiger partial charge in [0.1, 0.15) is 12.1 Å². The number of methoxy groups -OCH3 is 2. The average Bonchev–Trinajstić information content (AvgIpc) is 3.14. The third-order valence-electron chi connectivity index (χ3n) is 3.56. The molecule has 0 radical (unpaired) electrons. The smallest absolute Gasteiger partial charge is 0.305 e. The number of thioether (sulfide) groups is 1. The molecule has 0 saturated heterocycles. The molecule has 26 heavy (non-hydrogen) atoms. The Bertz CT molecular complexity index is 718. The summed E-state index contributed by atoms with van der Waals surface area (Å²) in [5.74, 6) is 0.691. The zero-order valence-corrected chi connectivity index (χ0v) is 15.6. The highest BCUT2D eigenvalue weighted by Gasteiger charge is 2.10. The van der Waals surface area contributed by atoms with Crippen LogP contribution in [-0.4, -0.2) is 53.2 Å². The van der Waals surface area contributed by atoms with Gasteiger partial charge >= 0.3 is 5.97 Å². The Morgan fingerprint density at radius 3 is 2.65 bits per heavy atom. The molecular weight excluding hydrogens is 356 g/mol. The fraction of sp³-hybridized carbons (Fsp3) is 0.412. The van der Waals surface area contributed by atoms with Crippen molar-refractivity contribution >= 4 is 23.6 Å². The summed E-state index contributed by atoms with van der Waals surface area (Å²) < 4.78 is 11.5. The molecule has 2 aromatic rings. The second-order valence-corrected chi connectivity index (χ2v) is 6.30. The molecule has 1 heterocycles. The highest BCUT2D eigenvalue weighted by Crippen LogP contribution is 2.21. The van der Waals surface area contributed by atoms with Crippen LogP contribution in [-0.2, 0) is 14.3 Å². The van der Waals surface area contributed by atoms with Crippen LogP contribution in [0.15, 0.2) is 35.7 Å². The second kappa shape index (κ2) is 10.4. The van der Waals surface area contributed by atoms with Crippen LogP contribution in [0.4, 0.5) is 0 Å². The van der Waals surface area contributed by atoms with Gasteiger partial charge in [-0.2, -0.15) is 0 Å². The number of unbranched alkanes of at least 4 members (excludes halogenated alkanes) is 1. The average molecular weight is 378 g/mol. The van der Waals surface area contributed by atoms with Crippen molar-refractivity contribution in [3.63, 3.8) is 0 Å². The summed E-state index contributed by atoms with van der Waals surface area (Å²) in [6, 6.07) is 7.50. The van der Waals surface area contributed by atoms with E-state index in [1.807, 2.05) is 28.8 Å².